The predicted molar refractivity (Wildman–Crippen MR) is 122 cm³/mol. The molecule has 1 unspecified atom stereocenters. The van der Waals surface area contributed by atoms with Crippen molar-refractivity contribution < 1.29 is 9.84 Å². The van der Waals surface area contributed by atoms with Crippen LogP contribution in [0.2, 0.25) is 0 Å². The van der Waals surface area contributed by atoms with E-state index >= 15 is 0 Å². The van der Waals surface area contributed by atoms with Crippen molar-refractivity contribution in [3.05, 3.63) is 66.0 Å². The first-order valence-electron chi connectivity index (χ1n) is 10.5. The fourth-order valence-electron chi connectivity index (χ4n) is 3.05. The number of ether oxygens (including phenoxy) is 1. The number of rotatable bonds is 9. The molecule has 3 aromatic rings. The number of nitrogens with zero attached hydrogens (tertiary/aromatic N) is 3. The van der Waals surface area contributed by atoms with Gasteiger partial charge in [-0.25, -0.2) is 9.98 Å². The Labute approximate surface area is 182 Å². The van der Waals surface area contributed by atoms with Gasteiger partial charge >= 0.3 is 0 Å². The minimum atomic E-state index is -0.686. The third-order valence-corrected chi connectivity index (χ3v) is 4.46. The summed E-state index contributed by atoms with van der Waals surface area (Å²) in [6.45, 7) is 7.50. The van der Waals surface area contributed by atoms with Gasteiger partial charge < -0.3 is 20.5 Å². The van der Waals surface area contributed by atoms with E-state index in [-0.39, 0.29) is 6.10 Å². The summed E-state index contributed by atoms with van der Waals surface area (Å²) in [5, 5.41) is 23.8. The topological polar surface area (TPSA) is 107 Å². The molecule has 0 aliphatic carbocycles. The molecule has 0 saturated heterocycles. The van der Waals surface area contributed by atoms with Crippen LogP contribution in [0, 0.1) is 0 Å². The lowest BCUT2D eigenvalue weighted by atomic mass is 10.1. The zero-order valence-electron chi connectivity index (χ0n) is 18.2. The molecule has 164 valence electrons. The number of guanidine groups is 1. The first-order valence-corrected chi connectivity index (χ1v) is 10.5. The molecule has 0 aliphatic rings. The molecule has 1 heterocycles. The number of aromatic nitrogens is 3. The number of aromatic amines is 1. The van der Waals surface area contributed by atoms with Crippen LogP contribution < -0.4 is 15.4 Å². The van der Waals surface area contributed by atoms with Crippen LogP contribution in [-0.2, 0) is 6.54 Å². The van der Waals surface area contributed by atoms with E-state index in [4.69, 9.17) is 4.74 Å². The second-order valence-corrected chi connectivity index (χ2v) is 7.37. The zero-order valence-corrected chi connectivity index (χ0v) is 18.2. The molecule has 8 heteroatoms. The van der Waals surface area contributed by atoms with E-state index in [1.165, 1.54) is 6.33 Å². The molecule has 31 heavy (non-hydrogen) atoms. The standard InChI is InChI=1S/C23H30N6O2/c1-4-24-23(25-13-17-7-5-9-19(11-17)22-27-15-28-29-22)26-14-21(30)18-8-6-10-20(12-18)31-16(2)3/h5-12,15-16,21,30H,4,13-14H2,1-3H3,(H2,24,25,26)(H,27,28,29). The summed E-state index contributed by atoms with van der Waals surface area (Å²) in [7, 11) is 0. The minimum Gasteiger partial charge on any atom is -0.491 e. The SMILES string of the molecule is CCNC(=NCc1cccc(-c2ncn[nH]2)c1)NCC(O)c1cccc(OC(C)C)c1. The van der Waals surface area contributed by atoms with E-state index in [0.29, 0.717) is 19.0 Å². The molecule has 1 atom stereocenters. The average Bonchev–Trinajstić information content (AvgIpc) is 3.30. The van der Waals surface area contributed by atoms with Crippen LogP contribution in [-0.4, -0.2) is 45.4 Å². The molecule has 0 radical (unpaired) electrons. The Morgan fingerprint density at radius 3 is 2.74 bits per heavy atom. The molecular weight excluding hydrogens is 392 g/mol. The van der Waals surface area contributed by atoms with Crippen molar-refractivity contribution in [3.8, 4) is 17.1 Å². The fourth-order valence-corrected chi connectivity index (χ4v) is 3.05. The fraction of sp³-hybridized carbons (Fsp3) is 0.348. The third-order valence-electron chi connectivity index (χ3n) is 4.46. The lowest BCUT2D eigenvalue weighted by molar-refractivity contribution is 0.179. The number of aliphatic imine (C=N–C) groups is 1. The number of aliphatic hydroxyl groups is 1. The molecule has 1 aromatic heterocycles. The van der Waals surface area contributed by atoms with Crippen LogP contribution in [0.1, 0.15) is 38.0 Å². The summed E-state index contributed by atoms with van der Waals surface area (Å²) in [6, 6.07) is 15.5. The van der Waals surface area contributed by atoms with Gasteiger partial charge in [0, 0.05) is 18.7 Å². The smallest absolute Gasteiger partial charge is 0.191 e. The number of H-pyrrole nitrogens is 1. The highest BCUT2D eigenvalue weighted by Gasteiger charge is 2.10. The van der Waals surface area contributed by atoms with Gasteiger partial charge in [0.1, 0.15) is 12.1 Å². The highest BCUT2D eigenvalue weighted by Crippen LogP contribution is 2.20. The van der Waals surface area contributed by atoms with Crippen molar-refractivity contribution >= 4 is 5.96 Å². The van der Waals surface area contributed by atoms with E-state index in [0.717, 1.165) is 34.8 Å². The zero-order chi connectivity index (χ0) is 22.1. The molecular formula is C23H30N6O2. The minimum absolute atomic E-state index is 0.0839. The van der Waals surface area contributed by atoms with Gasteiger partial charge in [-0.3, -0.25) is 5.10 Å². The Morgan fingerprint density at radius 1 is 1.16 bits per heavy atom. The Morgan fingerprint density at radius 2 is 2.00 bits per heavy atom. The summed E-state index contributed by atoms with van der Waals surface area (Å²) in [5.74, 6) is 2.11. The molecule has 2 aromatic carbocycles. The second kappa shape index (κ2) is 11.1. The van der Waals surface area contributed by atoms with Crippen molar-refractivity contribution in [2.75, 3.05) is 13.1 Å². The summed E-state index contributed by atoms with van der Waals surface area (Å²) in [6.07, 6.45) is 0.887. The van der Waals surface area contributed by atoms with Crippen molar-refractivity contribution in [3.63, 3.8) is 0 Å². The van der Waals surface area contributed by atoms with Gasteiger partial charge in [0.05, 0.1) is 18.8 Å². The maximum atomic E-state index is 10.6. The molecule has 8 nitrogen and oxygen atoms in total. The van der Waals surface area contributed by atoms with E-state index < -0.39 is 6.10 Å². The van der Waals surface area contributed by atoms with Gasteiger partial charge in [0.2, 0.25) is 0 Å². The number of hydrogen-bond acceptors (Lipinski definition) is 5. The van der Waals surface area contributed by atoms with E-state index in [1.54, 1.807) is 0 Å². The van der Waals surface area contributed by atoms with Gasteiger partial charge in [0.15, 0.2) is 11.8 Å². The summed E-state index contributed by atoms with van der Waals surface area (Å²) < 4.78 is 5.71. The third kappa shape index (κ3) is 6.82. The first-order chi connectivity index (χ1) is 15.0. The molecule has 3 rings (SSSR count). The van der Waals surface area contributed by atoms with Gasteiger partial charge in [0.25, 0.3) is 0 Å². The van der Waals surface area contributed by atoms with Crippen LogP contribution in [0.5, 0.6) is 5.75 Å². The highest BCUT2D eigenvalue weighted by molar-refractivity contribution is 5.79. The van der Waals surface area contributed by atoms with E-state index in [2.05, 4.69) is 30.8 Å². The number of hydrogen-bond donors (Lipinski definition) is 4. The van der Waals surface area contributed by atoms with Crippen molar-refractivity contribution in [1.29, 1.82) is 0 Å². The lowest BCUT2D eigenvalue weighted by Gasteiger charge is -2.17. The van der Waals surface area contributed by atoms with Crippen LogP contribution in [0.15, 0.2) is 59.9 Å². The Balaban J connectivity index is 1.62. The Kier molecular flexibility index (Phi) is 8.00. The van der Waals surface area contributed by atoms with Gasteiger partial charge in [-0.1, -0.05) is 30.3 Å². The molecule has 0 amide bonds. The lowest BCUT2D eigenvalue weighted by Crippen LogP contribution is -2.39. The van der Waals surface area contributed by atoms with Gasteiger partial charge in [-0.2, -0.15) is 5.10 Å². The largest absolute Gasteiger partial charge is 0.491 e. The maximum absolute atomic E-state index is 10.6. The van der Waals surface area contributed by atoms with Crippen molar-refractivity contribution in [1.82, 2.24) is 25.8 Å². The summed E-state index contributed by atoms with van der Waals surface area (Å²) in [5.41, 5.74) is 2.80. The van der Waals surface area contributed by atoms with E-state index in [1.807, 2.05) is 69.3 Å². The molecule has 0 fully saturated rings. The number of benzene rings is 2. The Hall–Kier alpha value is -3.39. The number of aliphatic hydroxyl groups excluding tert-OH is 1. The molecule has 0 aliphatic heterocycles. The van der Waals surface area contributed by atoms with Crippen LogP contribution in [0.4, 0.5) is 0 Å². The monoisotopic (exact) mass is 422 g/mol. The van der Waals surface area contributed by atoms with Gasteiger partial charge in [-0.05, 0) is 50.1 Å². The van der Waals surface area contributed by atoms with Crippen LogP contribution >= 0.6 is 0 Å². The average molecular weight is 423 g/mol. The second-order valence-electron chi connectivity index (χ2n) is 7.37. The first kappa shape index (κ1) is 22.3. The Bertz CT molecular complexity index is 972. The number of nitrogens with one attached hydrogen (secondary N) is 3. The summed E-state index contributed by atoms with van der Waals surface area (Å²) >= 11 is 0. The quantitative estimate of drug-likeness (QED) is 0.312. The molecule has 0 saturated carbocycles. The van der Waals surface area contributed by atoms with Gasteiger partial charge in [-0.15, -0.1) is 0 Å². The maximum Gasteiger partial charge on any atom is 0.191 e. The van der Waals surface area contributed by atoms with Crippen molar-refractivity contribution in [2.45, 2.75) is 39.5 Å². The summed E-state index contributed by atoms with van der Waals surface area (Å²) in [4.78, 5) is 8.83. The molecule has 0 bridgehead atoms. The van der Waals surface area contributed by atoms with E-state index in [9.17, 15) is 5.11 Å². The normalized spacial score (nSPS) is 12.6. The molecule has 0 spiro atoms. The van der Waals surface area contributed by atoms with Crippen LogP contribution in [0.25, 0.3) is 11.4 Å². The predicted octanol–water partition coefficient (Wildman–Crippen LogP) is 3.05. The van der Waals surface area contributed by atoms with Crippen LogP contribution in [0.3, 0.4) is 0 Å². The molecule has 4 N–H and O–H groups in total. The highest BCUT2D eigenvalue weighted by atomic mass is 16.5. The van der Waals surface area contributed by atoms with Crippen molar-refractivity contribution in [2.24, 2.45) is 4.99 Å².